The molecule has 0 unspecified atom stereocenters. The molecule has 2 heterocycles. The first kappa shape index (κ1) is 21.6. The Kier molecular flexibility index (Phi) is 6.87. The molecule has 1 aliphatic heterocycles. The Bertz CT molecular complexity index is 1090. The predicted molar refractivity (Wildman–Crippen MR) is 123 cm³/mol. The zero-order chi connectivity index (χ0) is 22.3. The Labute approximate surface area is 190 Å². The van der Waals surface area contributed by atoms with E-state index in [0.29, 0.717) is 40.9 Å². The third kappa shape index (κ3) is 5.36. The molecular weight excluding hydrogens is 430 g/mol. The second-order valence-corrected chi connectivity index (χ2v) is 7.65. The van der Waals surface area contributed by atoms with Gasteiger partial charge < -0.3 is 19.7 Å². The molecule has 2 aromatic carbocycles. The Morgan fingerprint density at radius 2 is 1.88 bits per heavy atom. The quantitative estimate of drug-likeness (QED) is 0.507. The van der Waals surface area contributed by atoms with Gasteiger partial charge in [0.15, 0.2) is 6.61 Å². The predicted octanol–water partition coefficient (Wildman–Crippen LogP) is 4.57. The minimum atomic E-state index is -0.249. The third-order valence-corrected chi connectivity index (χ3v) is 5.21. The van der Waals surface area contributed by atoms with Crippen LogP contribution in [0.3, 0.4) is 0 Å². The van der Waals surface area contributed by atoms with E-state index < -0.39 is 0 Å². The number of nitrogens with one attached hydrogen (secondary N) is 1. The van der Waals surface area contributed by atoms with Gasteiger partial charge in [-0.1, -0.05) is 11.6 Å². The Balaban J connectivity index is 1.36. The number of pyridine rings is 1. The van der Waals surface area contributed by atoms with Crippen molar-refractivity contribution in [2.24, 2.45) is 0 Å². The SMILES string of the molecule is O=C(Nc1ccc2c(c1)N(CCCCOc1ccc(Cl)cc1)C(=O)CO2)c1ccncc1. The van der Waals surface area contributed by atoms with Gasteiger partial charge in [-0.3, -0.25) is 14.6 Å². The molecule has 4 rings (SSSR count). The van der Waals surface area contributed by atoms with E-state index in [4.69, 9.17) is 21.1 Å². The number of carbonyl (C=O) groups is 2. The second kappa shape index (κ2) is 10.2. The summed E-state index contributed by atoms with van der Waals surface area (Å²) in [5.74, 6) is 1.01. The van der Waals surface area contributed by atoms with Gasteiger partial charge in [0.05, 0.1) is 12.3 Å². The van der Waals surface area contributed by atoms with Crippen LogP contribution in [0, 0.1) is 0 Å². The van der Waals surface area contributed by atoms with Crippen molar-refractivity contribution in [1.29, 1.82) is 0 Å². The number of nitrogens with zero attached hydrogens (tertiary/aromatic N) is 2. The molecule has 0 aliphatic carbocycles. The number of unbranched alkanes of at least 4 members (excludes halogenated alkanes) is 1. The van der Waals surface area contributed by atoms with Crippen molar-refractivity contribution in [3.8, 4) is 11.5 Å². The first-order chi connectivity index (χ1) is 15.6. The van der Waals surface area contributed by atoms with Crippen LogP contribution in [0.15, 0.2) is 67.0 Å². The summed E-state index contributed by atoms with van der Waals surface area (Å²) >= 11 is 5.88. The van der Waals surface area contributed by atoms with Crippen LogP contribution in [0.4, 0.5) is 11.4 Å². The van der Waals surface area contributed by atoms with Crippen LogP contribution in [-0.2, 0) is 4.79 Å². The van der Waals surface area contributed by atoms with Gasteiger partial charge in [-0.05, 0) is 67.4 Å². The van der Waals surface area contributed by atoms with E-state index in [1.807, 2.05) is 12.1 Å². The number of benzene rings is 2. The molecule has 1 N–H and O–H groups in total. The van der Waals surface area contributed by atoms with Crippen LogP contribution in [0.5, 0.6) is 11.5 Å². The number of halogens is 1. The summed E-state index contributed by atoms with van der Waals surface area (Å²) in [4.78, 5) is 30.5. The monoisotopic (exact) mass is 451 g/mol. The molecule has 8 heteroatoms. The van der Waals surface area contributed by atoms with Crippen molar-refractivity contribution < 1.29 is 19.1 Å². The minimum absolute atomic E-state index is 0.00298. The molecule has 0 radical (unpaired) electrons. The van der Waals surface area contributed by atoms with E-state index in [2.05, 4.69) is 10.3 Å². The summed E-state index contributed by atoms with van der Waals surface area (Å²) in [5, 5.41) is 3.52. The van der Waals surface area contributed by atoms with Crippen LogP contribution < -0.4 is 19.7 Å². The van der Waals surface area contributed by atoms with Crippen molar-refractivity contribution in [3.05, 3.63) is 77.6 Å². The summed E-state index contributed by atoms with van der Waals surface area (Å²) in [6, 6.07) is 15.8. The number of ether oxygens (including phenoxy) is 2. The van der Waals surface area contributed by atoms with Gasteiger partial charge in [0.2, 0.25) is 0 Å². The molecule has 0 atom stereocenters. The number of anilines is 2. The summed E-state index contributed by atoms with van der Waals surface area (Å²) in [5.41, 5.74) is 1.73. The van der Waals surface area contributed by atoms with Crippen molar-refractivity contribution in [2.45, 2.75) is 12.8 Å². The van der Waals surface area contributed by atoms with Gasteiger partial charge in [-0.2, -0.15) is 0 Å². The van der Waals surface area contributed by atoms with Crippen LogP contribution in [0.2, 0.25) is 5.02 Å². The first-order valence-electron chi connectivity index (χ1n) is 10.3. The lowest BCUT2D eigenvalue weighted by atomic mass is 10.1. The fourth-order valence-corrected chi connectivity index (χ4v) is 3.45. The van der Waals surface area contributed by atoms with Gasteiger partial charge in [-0.25, -0.2) is 0 Å². The molecule has 0 spiro atoms. The summed E-state index contributed by atoms with van der Waals surface area (Å²) in [6.45, 7) is 1.06. The van der Waals surface area contributed by atoms with Crippen molar-refractivity contribution >= 4 is 34.8 Å². The van der Waals surface area contributed by atoms with E-state index >= 15 is 0 Å². The standard InChI is InChI=1S/C24H22ClN3O4/c25-18-3-6-20(7-4-18)31-14-2-1-13-28-21-15-19(5-8-22(21)32-16-23(28)29)27-24(30)17-9-11-26-12-10-17/h3-12,15H,1-2,13-14,16H2,(H,27,30). The van der Waals surface area contributed by atoms with Crippen LogP contribution in [0.1, 0.15) is 23.2 Å². The first-order valence-corrected chi connectivity index (χ1v) is 10.6. The van der Waals surface area contributed by atoms with Crippen LogP contribution in [0.25, 0.3) is 0 Å². The molecule has 0 bridgehead atoms. The smallest absolute Gasteiger partial charge is 0.265 e. The lowest BCUT2D eigenvalue weighted by molar-refractivity contribution is -0.121. The normalized spacial score (nSPS) is 12.7. The van der Waals surface area contributed by atoms with Crippen LogP contribution in [-0.4, -0.2) is 36.6 Å². The van der Waals surface area contributed by atoms with E-state index in [1.54, 1.807) is 59.8 Å². The number of rotatable bonds is 8. The maximum Gasteiger partial charge on any atom is 0.265 e. The highest BCUT2D eigenvalue weighted by Crippen LogP contribution is 2.35. The second-order valence-electron chi connectivity index (χ2n) is 7.22. The molecule has 1 aliphatic rings. The maximum absolute atomic E-state index is 12.5. The summed E-state index contributed by atoms with van der Waals surface area (Å²) in [6.07, 6.45) is 4.66. The number of fused-ring (bicyclic) bond motifs is 1. The van der Waals surface area contributed by atoms with Crippen molar-refractivity contribution in [2.75, 3.05) is 30.0 Å². The molecule has 32 heavy (non-hydrogen) atoms. The zero-order valence-electron chi connectivity index (χ0n) is 17.3. The number of hydrogen-bond donors (Lipinski definition) is 1. The maximum atomic E-state index is 12.5. The number of aromatic nitrogens is 1. The molecule has 7 nitrogen and oxygen atoms in total. The van der Waals surface area contributed by atoms with Gasteiger partial charge in [0.25, 0.3) is 11.8 Å². The van der Waals surface area contributed by atoms with E-state index in [0.717, 1.165) is 18.6 Å². The fraction of sp³-hybridized carbons (Fsp3) is 0.208. The molecule has 1 aromatic heterocycles. The lowest BCUT2D eigenvalue weighted by Crippen LogP contribution is -2.39. The van der Waals surface area contributed by atoms with Gasteiger partial charge in [0, 0.05) is 35.2 Å². The third-order valence-electron chi connectivity index (χ3n) is 4.96. The minimum Gasteiger partial charge on any atom is -0.494 e. The van der Waals surface area contributed by atoms with Gasteiger partial charge >= 0.3 is 0 Å². The number of hydrogen-bond acceptors (Lipinski definition) is 5. The topological polar surface area (TPSA) is 80.8 Å². The largest absolute Gasteiger partial charge is 0.494 e. The molecule has 164 valence electrons. The molecule has 2 amide bonds. The van der Waals surface area contributed by atoms with Crippen molar-refractivity contribution in [1.82, 2.24) is 4.98 Å². The summed E-state index contributed by atoms with van der Waals surface area (Å²) in [7, 11) is 0. The number of carbonyl (C=O) groups excluding carboxylic acids is 2. The molecular formula is C24H22ClN3O4. The highest BCUT2D eigenvalue weighted by atomic mass is 35.5. The number of amides is 2. The van der Waals surface area contributed by atoms with Gasteiger partial charge in [-0.15, -0.1) is 0 Å². The Morgan fingerprint density at radius 3 is 2.66 bits per heavy atom. The summed E-state index contributed by atoms with van der Waals surface area (Å²) < 4.78 is 11.3. The fourth-order valence-electron chi connectivity index (χ4n) is 3.32. The molecule has 0 saturated heterocycles. The Hall–Kier alpha value is -3.58. The van der Waals surface area contributed by atoms with E-state index in [1.165, 1.54) is 0 Å². The lowest BCUT2D eigenvalue weighted by Gasteiger charge is -2.30. The average Bonchev–Trinajstić information content (AvgIpc) is 2.82. The Morgan fingerprint density at radius 1 is 1.09 bits per heavy atom. The molecule has 0 fully saturated rings. The molecule has 3 aromatic rings. The molecule has 0 saturated carbocycles. The highest BCUT2D eigenvalue weighted by molar-refractivity contribution is 6.30. The highest BCUT2D eigenvalue weighted by Gasteiger charge is 2.25. The van der Waals surface area contributed by atoms with Gasteiger partial charge in [0.1, 0.15) is 11.5 Å². The van der Waals surface area contributed by atoms with E-state index in [-0.39, 0.29) is 18.4 Å². The van der Waals surface area contributed by atoms with Crippen LogP contribution >= 0.6 is 11.6 Å². The average molecular weight is 452 g/mol. The zero-order valence-corrected chi connectivity index (χ0v) is 18.0. The van der Waals surface area contributed by atoms with E-state index in [9.17, 15) is 9.59 Å². The van der Waals surface area contributed by atoms with Crippen molar-refractivity contribution in [3.63, 3.8) is 0 Å².